The molecule has 0 aromatic heterocycles. The first-order valence-corrected chi connectivity index (χ1v) is 8.76. The molecule has 0 fully saturated rings. The van der Waals surface area contributed by atoms with Crippen molar-refractivity contribution in [3.05, 3.63) is 35.4 Å². The number of hydrogen-bond acceptors (Lipinski definition) is 3. The number of alkyl halides is 9. The van der Waals surface area contributed by atoms with Crippen LogP contribution in [0.1, 0.15) is 51.7 Å². The van der Waals surface area contributed by atoms with Crippen LogP contribution in [0.15, 0.2) is 24.3 Å². The molecule has 1 aromatic carbocycles. The summed E-state index contributed by atoms with van der Waals surface area (Å²) in [6.07, 6.45) is -17.4. The van der Waals surface area contributed by atoms with Gasteiger partial charge in [-0.2, -0.15) is 39.5 Å². The number of carbonyl (C=O) groups is 1. The van der Waals surface area contributed by atoms with Crippen molar-refractivity contribution in [1.82, 2.24) is 0 Å². The highest BCUT2D eigenvalue weighted by Gasteiger charge is 2.71. The summed E-state index contributed by atoms with van der Waals surface area (Å²) in [6, 6.07) is 1.57. The van der Waals surface area contributed by atoms with E-state index in [2.05, 4.69) is 0 Å². The van der Waals surface area contributed by atoms with Crippen LogP contribution >= 0.6 is 0 Å². The molecule has 0 spiro atoms. The van der Waals surface area contributed by atoms with E-state index in [1.807, 2.05) is 0 Å². The summed E-state index contributed by atoms with van der Waals surface area (Å²) in [7, 11) is 0. The van der Waals surface area contributed by atoms with Crippen LogP contribution in [0.4, 0.5) is 39.5 Å². The van der Waals surface area contributed by atoms with Gasteiger partial charge in [-0.3, -0.25) is 4.79 Å². The summed E-state index contributed by atoms with van der Waals surface area (Å²) in [6.45, 7) is 5.45. The van der Waals surface area contributed by atoms with E-state index in [9.17, 15) is 49.4 Å². The highest BCUT2D eigenvalue weighted by Crippen LogP contribution is 2.52. The molecule has 12 heteroatoms. The summed E-state index contributed by atoms with van der Waals surface area (Å²) >= 11 is 0. The summed E-state index contributed by atoms with van der Waals surface area (Å²) in [5.74, 6) is -3.41. The molecule has 0 bridgehead atoms. The number of benzene rings is 1. The molecule has 0 amide bonds. The van der Waals surface area contributed by atoms with Gasteiger partial charge in [0.25, 0.3) is 5.60 Å². The van der Waals surface area contributed by atoms with Crippen LogP contribution in [0.5, 0.6) is 0 Å². The van der Waals surface area contributed by atoms with Gasteiger partial charge < -0.3 is 9.84 Å². The number of halogens is 9. The van der Waals surface area contributed by atoms with Crippen molar-refractivity contribution >= 4 is 5.97 Å². The third-order valence-corrected chi connectivity index (χ3v) is 4.93. The monoisotopic (exact) mass is 468 g/mol. The normalized spacial score (nSPS) is 17.1. The quantitative estimate of drug-likeness (QED) is 0.435. The minimum Gasteiger partial charge on any atom is -0.459 e. The van der Waals surface area contributed by atoms with Gasteiger partial charge in [0.1, 0.15) is 5.60 Å². The molecule has 0 aliphatic carbocycles. The van der Waals surface area contributed by atoms with Gasteiger partial charge in [-0.05, 0) is 33.3 Å². The second-order valence-corrected chi connectivity index (χ2v) is 8.25. The number of aliphatic hydroxyl groups is 1. The fraction of sp³-hybridized carbons (Fsp3) is 0.632. The lowest BCUT2D eigenvalue weighted by molar-refractivity contribution is -0.376. The van der Waals surface area contributed by atoms with Crippen LogP contribution < -0.4 is 0 Å². The molecule has 2 unspecified atom stereocenters. The molecule has 0 saturated carbocycles. The first-order valence-electron chi connectivity index (χ1n) is 8.76. The lowest BCUT2D eigenvalue weighted by Crippen LogP contribution is -2.54. The van der Waals surface area contributed by atoms with Gasteiger partial charge in [-0.1, -0.05) is 31.2 Å². The maximum Gasteiger partial charge on any atom is 0.430 e. The minimum absolute atomic E-state index is 0.221. The Morgan fingerprint density at radius 1 is 0.806 bits per heavy atom. The van der Waals surface area contributed by atoms with Crippen LogP contribution in [0.3, 0.4) is 0 Å². The molecule has 0 saturated heterocycles. The number of rotatable bonds is 4. The predicted octanol–water partition coefficient (Wildman–Crippen LogP) is 6.01. The number of hydrogen-bond donors (Lipinski definition) is 1. The van der Waals surface area contributed by atoms with Crippen molar-refractivity contribution in [2.45, 2.75) is 70.3 Å². The minimum atomic E-state index is -6.14. The zero-order valence-corrected chi connectivity index (χ0v) is 17.1. The number of esters is 1. The van der Waals surface area contributed by atoms with E-state index in [1.54, 1.807) is 0 Å². The second kappa shape index (κ2) is 7.86. The lowest BCUT2D eigenvalue weighted by Gasteiger charge is -2.37. The number of ether oxygens (including phenoxy) is 1. The SMILES string of the molecule is CC(c1ccc(C(O)(C(F)(F)F)C(F)(F)F)cc1)C(C)(C(=O)OC(C)(C)C)C(F)(F)F. The van der Waals surface area contributed by atoms with Gasteiger partial charge in [-0.15, -0.1) is 0 Å². The van der Waals surface area contributed by atoms with Crippen LogP contribution in [0.2, 0.25) is 0 Å². The molecule has 31 heavy (non-hydrogen) atoms. The van der Waals surface area contributed by atoms with E-state index in [0.717, 1.165) is 6.92 Å². The maximum atomic E-state index is 13.8. The molecule has 1 aromatic rings. The van der Waals surface area contributed by atoms with E-state index < -0.39 is 52.6 Å². The molecule has 0 aliphatic heterocycles. The van der Waals surface area contributed by atoms with Gasteiger partial charge in [0.2, 0.25) is 0 Å². The van der Waals surface area contributed by atoms with E-state index >= 15 is 0 Å². The molecule has 2 atom stereocenters. The van der Waals surface area contributed by atoms with Crippen LogP contribution in [-0.2, 0) is 15.1 Å². The molecule has 1 rings (SSSR count). The van der Waals surface area contributed by atoms with Crippen molar-refractivity contribution in [2.75, 3.05) is 0 Å². The van der Waals surface area contributed by atoms with Crippen molar-refractivity contribution in [3.8, 4) is 0 Å². The van der Waals surface area contributed by atoms with Gasteiger partial charge in [0, 0.05) is 11.5 Å². The third kappa shape index (κ3) is 4.93. The van der Waals surface area contributed by atoms with Gasteiger partial charge in [0.15, 0.2) is 5.41 Å². The molecule has 3 nitrogen and oxygen atoms in total. The Labute approximate surface area is 172 Å². The predicted molar refractivity (Wildman–Crippen MR) is 90.9 cm³/mol. The van der Waals surface area contributed by atoms with Crippen molar-refractivity contribution in [2.24, 2.45) is 5.41 Å². The van der Waals surface area contributed by atoms with E-state index in [4.69, 9.17) is 4.74 Å². The Kier molecular flexibility index (Phi) is 6.86. The van der Waals surface area contributed by atoms with Crippen molar-refractivity contribution in [1.29, 1.82) is 0 Å². The molecule has 178 valence electrons. The summed E-state index contributed by atoms with van der Waals surface area (Å²) in [4.78, 5) is 12.4. The Morgan fingerprint density at radius 2 is 1.19 bits per heavy atom. The molecule has 1 N–H and O–H groups in total. The molecular formula is C19H21F9O3. The van der Waals surface area contributed by atoms with Gasteiger partial charge in [0.05, 0.1) is 0 Å². The van der Waals surface area contributed by atoms with Gasteiger partial charge >= 0.3 is 24.5 Å². The summed E-state index contributed by atoms with van der Waals surface area (Å²) < 4.78 is 124. The fourth-order valence-corrected chi connectivity index (χ4v) is 2.76. The first-order chi connectivity index (χ1) is 13.5. The smallest absolute Gasteiger partial charge is 0.430 e. The van der Waals surface area contributed by atoms with Crippen molar-refractivity contribution < 1.29 is 54.2 Å². The second-order valence-electron chi connectivity index (χ2n) is 8.25. The van der Waals surface area contributed by atoms with E-state index in [-0.39, 0.29) is 17.7 Å². The van der Waals surface area contributed by atoms with E-state index in [1.165, 1.54) is 20.8 Å². The summed E-state index contributed by atoms with van der Waals surface area (Å²) in [5.41, 5.74) is -11.7. The van der Waals surface area contributed by atoms with Crippen LogP contribution in [0.25, 0.3) is 0 Å². The average molecular weight is 468 g/mol. The molecule has 0 aliphatic rings. The van der Waals surface area contributed by atoms with Crippen LogP contribution in [-0.4, -0.2) is 35.2 Å². The highest BCUT2D eigenvalue weighted by molar-refractivity contribution is 5.79. The maximum absolute atomic E-state index is 13.8. The largest absolute Gasteiger partial charge is 0.459 e. The topological polar surface area (TPSA) is 46.5 Å². The van der Waals surface area contributed by atoms with Crippen molar-refractivity contribution in [3.63, 3.8) is 0 Å². The fourth-order valence-electron chi connectivity index (χ4n) is 2.76. The average Bonchev–Trinajstić information content (AvgIpc) is 2.55. The number of carbonyl (C=O) groups excluding carboxylic acids is 1. The Balaban J connectivity index is 3.51. The van der Waals surface area contributed by atoms with Crippen LogP contribution in [0, 0.1) is 5.41 Å². The zero-order valence-electron chi connectivity index (χ0n) is 17.1. The third-order valence-electron chi connectivity index (χ3n) is 4.93. The first kappa shape index (κ1) is 27.1. The molecular weight excluding hydrogens is 447 g/mol. The lowest BCUT2D eigenvalue weighted by atomic mass is 9.73. The Morgan fingerprint density at radius 3 is 1.48 bits per heavy atom. The Bertz CT molecular complexity index is 772. The van der Waals surface area contributed by atoms with Gasteiger partial charge in [-0.25, -0.2) is 0 Å². The molecule has 0 heterocycles. The highest BCUT2D eigenvalue weighted by atomic mass is 19.4. The molecule has 0 radical (unpaired) electrons. The van der Waals surface area contributed by atoms with E-state index in [0.29, 0.717) is 19.1 Å². The zero-order chi connectivity index (χ0) is 24.8. The summed E-state index contributed by atoms with van der Waals surface area (Å²) in [5, 5.41) is 9.39. The Hall–Kier alpha value is -1.98. The standard InChI is InChI=1S/C19H21F9O3/c1-10(15(5,17(20,21)22)13(29)31-14(2,3)4)11-6-8-12(9-7-11)16(30,18(23,24)25)19(26,27)28/h6-10,30H,1-5H3.